The van der Waals surface area contributed by atoms with Crippen LogP contribution >= 0.6 is 11.8 Å². The van der Waals surface area contributed by atoms with Gasteiger partial charge in [0, 0.05) is 26.9 Å². The Morgan fingerprint density at radius 3 is 1.46 bits per heavy atom. The van der Waals surface area contributed by atoms with Crippen LogP contribution in [0.3, 0.4) is 0 Å². The molecule has 0 saturated heterocycles. The number of hydrogen-bond acceptors (Lipinski definition) is 2. The third-order valence-electron chi connectivity index (χ3n) is 4.08. The van der Waals surface area contributed by atoms with Gasteiger partial charge in [0.2, 0.25) is 0 Å². The number of benzene rings is 4. The van der Waals surface area contributed by atoms with Crippen LogP contribution in [-0.2, 0) is 0 Å². The summed E-state index contributed by atoms with van der Waals surface area (Å²) in [5, 5.41) is 0. The summed E-state index contributed by atoms with van der Waals surface area (Å²) in [6.07, 6.45) is 0. The van der Waals surface area contributed by atoms with E-state index in [-0.39, 0.29) is 0 Å². The maximum atomic E-state index is 2.29. The van der Waals surface area contributed by atoms with E-state index < -0.39 is 0 Å². The van der Waals surface area contributed by atoms with E-state index in [9.17, 15) is 0 Å². The molecule has 0 aliphatic rings. The smallest absolute Gasteiger partial charge is 0.0472 e. The van der Waals surface area contributed by atoms with E-state index in [0.717, 1.165) is 17.1 Å². The van der Waals surface area contributed by atoms with Crippen molar-refractivity contribution in [1.82, 2.24) is 0 Å². The zero-order valence-electron chi connectivity index (χ0n) is 14.3. The van der Waals surface area contributed by atoms with Crippen LogP contribution in [0.25, 0.3) is 0 Å². The van der Waals surface area contributed by atoms with E-state index in [1.54, 1.807) is 11.8 Å². The minimum absolute atomic E-state index is 1.15. The Labute approximate surface area is 158 Å². The normalized spacial score (nSPS) is 10.5. The Morgan fingerprint density at radius 1 is 0.423 bits per heavy atom. The van der Waals surface area contributed by atoms with E-state index in [1.807, 2.05) is 18.2 Å². The van der Waals surface area contributed by atoms with Crippen LogP contribution in [0.1, 0.15) is 0 Å². The Kier molecular flexibility index (Phi) is 5.04. The molecule has 0 bridgehead atoms. The van der Waals surface area contributed by atoms with Gasteiger partial charge in [0.15, 0.2) is 0 Å². The van der Waals surface area contributed by atoms with Gasteiger partial charge in [0.05, 0.1) is 0 Å². The molecule has 4 aromatic carbocycles. The molecule has 4 rings (SSSR count). The van der Waals surface area contributed by atoms with Gasteiger partial charge in [-0.05, 0) is 54.6 Å². The topological polar surface area (TPSA) is 3.24 Å². The molecular formula is C24H19NS. The summed E-state index contributed by atoms with van der Waals surface area (Å²) >= 11 is 1.78. The minimum Gasteiger partial charge on any atom is -0.310 e. The van der Waals surface area contributed by atoms with Crippen molar-refractivity contribution in [2.45, 2.75) is 9.79 Å². The lowest BCUT2D eigenvalue weighted by Crippen LogP contribution is -2.09. The fourth-order valence-corrected chi connectivity index (χ4v) is 3.80. The molecule has 126 valence electrons. The molecule has 26 heavy (non-hydrogen) atoms. The summed E-state index contributed by atoms with van der Waals surface area (Å²) < 4.78 is 0. The van der Waals surface area contributed by atoms with E-state index in [4.69, 9.17) is 0 Å². The zero-order chi connectivity index (χ0) is 17.6. The van der Waals surface area contributed by atoms with Crippen molar-refractivity contribution in [3.8, 4) is 0 Å². The Morgan fingerprint density at radius 2 is 0.885 bits per heavy atom. The minimum atomic E-state index is 1.15. The highest BCUT2D eigenvalue weighted by Gasteiger charge is 2.12. The highest BCUT2D eigenvalue weighted by molar-refractivity contribution is 7.99. The second-order valence-electron chi connectivity index (χ2n) is 5.92. The predicted molar refractivity (Wildman–Crippen MR) is 112 cm³/mol. The lowest BCUT2D eigenvalue weighted by Gasteiger charge is -2.25. The van der Waals surface area contributed by atoms with Gasteiger partial charge in [-0.1, -0.05) is 72.4 Å². The average molecular weight is 353 g/mol. The van der Waals surface area contributed by atoms with E-state index in [0.29, 0.717) is 0 Å². The highest BCUT2D eigenvalue weighted by atomic mass is 32.2. The van der Waals surface area contributed by atoms with Crippen LogP contribution in [0.2, 0.25) is 0 Å². The van der Waals surface area contributed by atoms with Crippen molar-refractivity contribution < 1.29 is 0 Å². The first-order valence-electron chi connectivity index (χ1n) is 8.63. The van der Waals surface area contributed by atoms with Crippen LogP contribution in [0, 0.1) is 0 Å². The Hall–Kier alpha value is -2.97. The molecule has 0 saturated carbocycles. The number of hydrogen-bond donors (Lipinski definition) is 0. The molecule has 0 aromatic heterocycles. The van der Waals surface area contributed by atoms with Gasteiger partial charge in [0.25, 0.3) is 0 Å². The maximum Gasteiger partial charge on any atom is 0.0472 e. The van der Waals surface area contributed by atoms with Crippen LogP contribution in [0.4, 0.5) is 17.1 Å². The van der Waals surface area contributed by atoms with Crippen LogP contribution in [0.15, 0.2) is 125 Å². The average Bonchev–Trinajstić information content (AvgIpc) is 2.71. The lowest BCUT2D eigenvalue weighted by molar-refractivity contribution is 1.26. The van der Waals surface area contributed by atoms with Crippen molar-refractivity contribution >= 4 is 28.8 Å². The SMILES string of the molecule is c1ccc(Sc2cccc(N(c3ccccc3)c3ccccc3)c2)cc1. The van der Waals surface area contributed by atoms with Crippen molar-refractivity contribution in [2.75, 3.05) is 4.90 Å². The first-order chi connectivity index (χ1) is 12.9. The highest BCUT2D eigenvalue weighted by Crippen LogP contribution is 2.37. The number of anilines is 3. The Bertz CT molecular complexity index is 913. The summed E-state index contributed by atoms with van der Waals surface area (Å²) in [7, 11) is 0. The quantitative estimate of drug-likeness (QED) is 0.370. The molecule has 0 aliphatic carbocycles. The van der Waals surface area contributed by atoms with Gasteiger partial charge in [-0.25, -0.2) is 0 Å². The number of rotatable bonds is 5. The Balaban J connectivity index is 1.73. The molecule has 0 fully saturated rings. The molecule has 0 unspecified atom stereocenters. The molecule has 0 N–H and O–H groups in total. The zero-order valence-corrected chi connectivity index (χ0v) is 15.1. The van der Waals surface area contributed by atoms with E-state index in [1.165, 1.54) is 9.79 Å². The van der Waals surface area contributed by atoms with Crippen LogP contribution < -0.4 is 4.90 Å². The third kappa shape index (κ3) is 3.81. The molecule has 0 amide bonds. The first-order valence-corrected chi connectivity index (χ1v) is 9.45. The second kappa shape index (κ2) is 7.94. The third-order valence-corrected chi connectivity index (χ3v) is 5.08. The summed E-state index contributed by atoms with van der Waals surface area (Å²) in [5.41, 5.74) is 3.46. The fraction of sp³-hybridized carbons (Fsp3) is 0. The molecule has 0 atom stereocenters. The summed E-state index contributed by atoms with van der Waals surface area (Å²) in [6.45, 7) is 0. The monoisotopic (exact) mass is 353 g/mol. The maximum absolute atomic E-state index is 2.29. The number of nitrogens with zero attached hydrogens (tertiary/aromatic N) is 1. The van der Waals surface area contributed by atoms with Crippen molar-refractivity contribution in [1.29, 1.82) is 0 Å². The van der Waals surface area contributed by atoms with Crippen molar-refractivity contribution in [3.05, 3.63) is 115 Å². The lowest BCUT2D eigenvalue weighted by atomic mass is 10.2. The first kappa shape index (κ1) is 16.5. The molecule has 0 radical (unpaired) electrons. The molecule has 1 nitrogen and oxygen atoms in total. The molecule has 4 aromatic rings. The van der Waals surface area contributed by atoms with Gasteiger partial charge in [-0.15, -0.1) is 0 Å². The van der Waals surface area contributed by atoms with Crippen molar-refractivity contribution in [2.24, 2.45) is 0 Å². The largest absolute Gasteiger partial charge is 0.310 e. The van der Waals surface area contributed by atoms with Crippen LogP contribution in [-0.4, -0.2) is 0 Å². The van der Waals surface area contributed by atoms with E-state index >= 15 is 0 Å². The molecule has 0 aliphatic heterocycles. The molecule has 0 spiro atoms. The van der Waals surface area contributed by atoms with Gasteiger partial charge >= 0.3 is 0 Å². The van der Waals surface area contributed by atoms with Gasteiger partial charge in [-0.3, -0.25) is 0 Å². The number of para-hydroxylation sites is 2. The summed E-state index contributed by atoms with van der Waals surface area (Å²) in [6, 6.07) is 40.2. The second-order valence-corrected chi connectivity index (χ2v) is 7.07. The van der Waals surface area contributed by atoms with Gasteiger partial charge < -0.3 is 4.90 Å². The molecule has 2 heteroatoms. The summed E-state index contributed by atoms with van der Waals surface area (Å²) in [5.74, 6) is 0. The summed E-state index contributed by atoms with van der Waals surface area (Å²) in [4.78, 5) is 4.76. The van der Waals surface area contributed by atoms with Gasteiger partial charge in [-0.2, -0.15) is 0 Å². The van der Waals surface area contributed by atoms with Crippen molar-refractivity contribution in [3.63, 3.8) is 0 Å². The molecular weight excluding hydrogens is 334 g/mol. The fourth-order valence-electron chi connectivity index (χ4n) is 2.91. The van der Waals surface area contributed by atoms with Crippen LogP contribution in [0.5, 0.6) is 0 Å². The standard InChI is InChI=1S/C24H19NS/c1-4-11-20(12-5-1)25(21-13-6-2-7-14-21)22-15-10-18-24(19-22)26-23-16-8-3-9-17-23/h1-19H. The molecule has 0 heterocycles. The van der Waals surface area contributed by atoms with Gasteiger partial charge in [0.1, 0.15) is 0 Å². The predicted octanol–water partition coefficient (Wildman–Crippen LogP) is 7.31. The van der Waals surface area contributed by atoms with E-state index in [2.05, 4.69) is 102 Å².